The molecule has 0 unspecified atom stereocenters. The molecule has 2 aromatic heterocycles. The molecular formula is C18H25N5O2. The number of nitrogens with zero attached hydrogens (tertiary/aromatic N) is 5. The van der Waals surface area contributed by atoms with E-state index in [1.54, 1.807) is 7.11 Å². The molecule has 3 heterocycles. The van der Waals surface area contributed by atoms with Gasteiger partial charge in [-0.15, -0.1) is 0 Å². The first kappa shape index (κ1) is 17.6. The SMILES string of the molecule is CCn1cc(CN2CCC[C@@H](c3nc(CCOC)no3)C2)cc1C#N. The first-order chi connectivity index (χ1) is 12.2. The molecular weight excluding hydrogens is 318 g/mol. The average Bonchev–Trinajstić information content (AvgIpc) is 3.26. The second kappa shape index (κ2) is 8.28. The first-order valence-electron chi connectivity index (χ1n) is 8.86. The van der Waals surface area contributed by atoms with Gasteiger partial charge in [-0.05, 0) is 37.9 Å². The Hall–Kier alpha value is -2.17. The van der Waals surface area contributed by atoms with E-state index in [-0.39, 0.29) is 5.92 Å². The minimum absolute atomic E-state index is 0.279. The Kier molecular flexibility index (Phi) is 5.84. The summed E-state index contributed by atoms with van der Waals surface area (Å²) in [6.07, 6.45) is 4.94. The molecule has 7 nitrogen and oxygen atoms in total. The number of rotatable bonds is 7. The van der Waals surface area contributed by atoms with E-state index in [1.165, 1.54) is 5.56 Å². The van der Waals surface area contributed by atoms with Crippen molar-refractivity contribution in [3.05, 3.63) is 35.2 Å². The maximum atomic E-state index is 9.20. The van der Waals surface area contributed by atoms with E-state index in [0.717, 1.165) is 50.6 Å². The van der Waals surface area contributed by atoms with E-state index in [2.05, 4.69) is 34.2 Å². The van der Waals surface area contributed by atoms with E-state index in [9.17, 15) is 5.26 Å². The second-order valence-corrected chi connectivity index (χ2v) is 6.50. The minimum atomic E-state index is 0.279. The molecule has 0 aliphatic carbocycles. The van der Waals surface area contributed by atoms with Gasteiger partial charge >= 0.3 is 0 Å². The number of aromatic nitrogens is 3. The predicted molar refractivity (Wildman–Crippen MR) is 92.0 cm³/mol. The highest BCUT2D eigenvalue weighted by molar-refractivity contribution is 5.28. The molecule has 1 fully saturated rings. The fourth-order valence-corrected chi connectivity index (χ4v) is 3.40. The van der Waals surface area contributed by atoms with Crippen LogP contribution in [0.4, 0.5) is 0 Å². The lowest BCUT2D eigenvalue weighted by Gasteiger charge is -2.30. The summed E-state index contributed by atoms with van der Waals surface area (Å²) in [4.78, 5) is 6.93. The molecule has 25 heavy (non-hydrogen) atoms. The standard InChI is InChI=1S/C18H25N5O2/c1-3-23-12-14(9-16(23)10-19)11-22-7-4-5-15(13-22)18-20-17(21-25-18)6-8-24-2/h9,12,15H,3-8,11,13H2,1-2H3/t15-/m1/s1. The third-order valence-electron chi connectivity index (χ3n) is 4.68. The number of hydrogen-bond donors (Lipinski definition) is 0. The predicted octanol–water partition coefficient (Wildman–Crippen LogP) is 2.33. The van der Waals surface area contributed by atoms with E-state index < -0.39 is 0 Å². The van der Waals surface area contributed by atoms with Gasteiger partial charge in [0.25, 0.3) is 0 Å². The third kappa shape index (κ3) is 4.27. The highest BCUT2D eigenvalue weighted by Gasteiger charge is 2.26. The summed E-state index contributed by atoms with van der Waals surface area (Å²) in [6, 6.07) is 4.25. The number of methoxy groups -OCH3 is 1. The van der Waals surface area contributed by atoms with Crippen LogP contribution in [0.1, 0.15) is 48.7 Å². The van der Waals surface area contributed by atoms with Gasteiger partial charge < -0.3 is 13.8 Å². The van der Waals surface area contributed by atoms with Crippen LogP contribution in [0.3, 0.4) is 0 Å². The van der Waals surface area contributed by atoms with Gasteiger partial charge in [0, 0.05) is 39.4 Å². The van der Waals surface area contributed by atoms with Crippen molar-refractivity contribution in [2.24, 2.45) is 0 Å². The van der Waals surface area contributed by atoms with Gasteiger partial charge in [-0.3, -0.25) is 4.90 Å². The van der Waals surface area contributed by atoms with Gasteiger partial charge in [0.15, 0.2) is 5.82 Å². The molecule has 0 radical (unpaired) electrons. The molecule has 1 atom stereocenters. The van der Waals surface area contributed by atoms with E-state index in [4.69, 9.17) is 9.26 Å². The molecule has 0 amide bonds. The fraction of sp³-hybridized carbons (Fsp3) is 0.611. The fourth-order valence-electron chi connectivity index (χ4n) is 3.40. The Labute approximate surface area is 148 Å². The maximum Gasteiger partial charge on any atom is 0.231 e. The topological polar surface area (TPSA) is 80.1 Å². The number of ether oxygens (including phenoxy) is 1. The van der Waals surface area contributed by atoms with Crippen LogP contribution < -0.4 is 0 Å². The molecule has 134 valence electrons. The van der Waals surface area contributed by atoms with Gasteiger partial charge in [0.2, 0.25) is 5.89 Å². The lowest BCUT2D eigenvalue weighted by Crippen LogP contribution is -2.33. The summed E-state index contributed by atoms with van der Waals surface area (Å²) >= 11 is 0. The first-order valence-corrected chi connectivity index (χ1v) is 8.86. The van der Waals surface area contributed by atoms with Crippen LogP contribution >= 0.6 is 0 Å². The molecule has 2 aromatic rings. The molecule has 1 aliphatic rings. The van der Waals surface area contributed by atoms with Crippen molar-refractivity contribution in [3.63, 3.8) is 0 Å². The molecule has 3 rings (SSSR count). The average molecular weight is 343 g/mol. The summed E-state index contributed by atoms with van der Waals surface area (Å²) in [5.74, 6) is 1.73. The van der Waals surface area contributed by atoms with Gasteiger partial charge in [-0.2, -0.15) is 10.2 Å². The largest absolute Gasteiger partial charge is 0.384 e. The van der Waals surface area contributed by atoms with Crippen LogP contribution in [-0.2, 0) is 24.2 Å². The number of nitriles is 1. The Bertz CT molecular complexity index is 730. The molecule has 0 aromatic carbocycles. The monoisotopic (exact) mass is 343 g/mol. The zero-order chi connectivity index (χ0) is 17.6. The highest BCUT2D eigenvalue weighted by Crippen LogP contribution is 2.27. The quantitative estimate of drug-likeness (QED) is 0.767. The van der Waals surface area contributed by atoms with Crippen molar-refractivity contribution in [2.75, 3.05) is 26.8 Å². The normalized spacial score (nSPS) is 18.4. The lowest BCUT2D eigenvalue weighted by molar-refractivity contribution is 0.180. The minimum Gasteiger partial charge on any atom is -0.384 e. The van der Waals surface area contributed by atoms with Crippen molar-refractivity contribution in [2.45, 2.75) is 45.2 Å². The molecule has 0 bridgehead atoms. The van der Waals surface area contributed by atoms with Crippen LogP contribution in [0.15, 0.2) is 16.8 Å². The maximum absolute atomic E-state index is 9.20. The van der Waals surface area contributed by atoms with Crippen molar-refractivity contribution in [1.82, 2.24) is 19.6 Å². The zero-order valence-electron chi connectivity index (χ0n) is 14.9. The molecule has 0 N–H and O–H groups in total. The van der Waals surface area contributed by atoms with Gasteiger partial charge in [-0.1, -0.05) is 5.16 Å². The summed E-state index contributed by atoms with van der Waals surface area (Å²) < 4.78 is 12.5. The summed E-state index contributed by atoms with van der Waals surface area (Å²) in [5.41, 5.74) is 1.91. The molecule has 7 heteroatoms. The van der Waals surface area contributed by atoms with E-state index >= 15 is 0 Å². The number of likely N-dealkylation sites (tertiary alicyclic amines) is 1. The zero-order valence-corrected chi connectivity index (χ0v) is 14.9. The highest BCUT2D eigenvalue weighted by atomic mass is 16.5. The van der Waals surface area contributed by atoms with Crippen LogP contribution in [0.25, 0.3) is 0 Å². The van der Waals surface area contributed by atoms with Gasteiger partial charge in [-0.25, -0.2) is 0 Å². The number of piperidine rings is 1. The van der Waals surface area contributed by atoms with E-state index in [0.29, 0.717) is 18.9 Å². The molecule has 0 saturated carbocycles. The van der Waals surface area contributed by atoms with Crippen LogP contribution in [0.2, 0.25) is 0 Å². The van der Waals surface area contributed by atoms with Crippen LogP contribution in [0, 0.1) is 11.3 Å². The number of hydrogen-bond acceptors (Lipinski definition) is 6. The van der Waals surface area contributed by atoms with Crippen molar-refractivity contribution in [1.29, 1.82) is 5.26 Å². The molecule has 1 saturated heterocycles. The number of aryl methyl sites for hydroxylation is 1. The Morgan fingerprint density at radius 2 is 2.36 bits per heavy atom. The Morgan fingerprint density at radius 1 is 1.48 bits per heavy atom. The van der Waals surface area contributed by atoms with Crippen LogP contribution in [-0.4, -0.2) is 46.4 Å². The molecule has 0 spiro atoms. The van der Waals surface area contributed by atoms with E-state index in [1.807, 2.05) is 10.6 Å². The lowest BCUT2D eigenvalue weighted by atomic mass is 9.97. The summed E-state index contributed by atoms with van der Waals surface area (Å²) in [7, 11) is 1.67. The third-order valence-corrected chi connectivity index (χ3v) is 4.68. The summed E-state index contributed by atoms with van der Waals surface area (Å²) in [6.45, 7) is 6.29. The van der Waals surface area contributed by atoms with Gasteiger partial charge in [0.05, 0.1) is 12.5 Å². The Morgan fingerprint density at radius 3 is 3.08 bits per heavy atom. The Balaban J connectivity index is 1.62. The van der Waals surface area contributed by atoms with Gasteiger partial charge in [0.1, 0.15) is 11.8 Å². The molecule has 1 aliphatic heterocycles. The van der Waals surface area contributed by atoms with Crippen LogP contribution in [0.5, 0.6) is 0 Å². The van der Waals surface area contributed by atoms with Crippen molar-refractivity contribution in [3.8, 4) is 6.07 Å². The van der Waals surface area contributed by atoms with Crippen molar-refractivity contribution >= 4 is 0 Å². The summed E-state index contributed by atoms with van der Waals surface area (Å²) in [5, 5.41) is 13.3. The smallest absolute Gasteiger partial charge is 0.231 e. The second-order valence-electron chi connectivity index (χ2n) is 6.50. The van der Waals surface area contributed by atoms with Crippen molar-refractivity contribution < 1.29 is 9.26 Å².